The van der Waals surface area contributed by atoms with E-state index in [1.54, 1.807) is 25.1 Å². The largest absolute Gasteiger partial charge is 0.338 e. The van der Waals surface area contributed by atoms with Gasteiger partial charge < -0.3 is 10.6 Å². The minimum absolute atomic E-state index is 0.0972. The van der Waals surface area contributed by atoms with E-state index < -0.39 is 10.0 Å². The van der Waals surface area contributed by atoms with Crippen molar-refractivity contribution in [2.24, 2.45) is 5.92 Å². The molecule has 0 fully saturated rings. The molecule has 2 aromatic rings. The number of anilines is 2. The molecule has 2 rings (SSSR count). The van der Waals surface area contributed by atoms with Crippen molar-refractivity contribution < 1.29 is 13.2 Å². The Morgan fingerprint density at radius 1 is 1.12 bits per heavy atom. The molecule has 0 aromatic heterocycles. The number of rotatable bonds is 6. The smallest absolute Gasteiger partial charge is 0.319 e. The molecule has 2 aromatic carbocycles. The van der Waals surface area contributed by atoms with Crippen molar-refractivity contribution in [2.75, 3.05) is 16.6 Å². The number of aryl methyl sites for hydroxylation is 1. The number of urea groups is 1. The number of sulfonamides is 1. The van der Waals surface area contributed by atoms with Gasteiger partial charge in [0.1, 0.15) is 0 Å². The third-order valence-electron chi connectivity index (χ3n) is 3.53. The van der Waals surface area contributed by atoms with E-state index in [9.17, 15) is 13.2 Å². The van der Waals surface area contributed by atoms with Crippen molar-refractivity contribution in [3.05, 3.63) is 53.1 Å². The third-order valence-corrected chi connectivity index (χ3v) is 5.14. The second kappa shape index (κ2) is 8.42. The molecule has 0 saturated carbocycles. The van der Waals surface area contributed by atoms with Crippen LogP contribution in [-0.2, 0) is 10.0 Å². The Hall–Kier alpha value is -2.25. The predicted molar refractivity (Wildman–Crippen MR) is 105 cm³/mol. The summed E-state index contributed by atoms with van der Waals surface area (Å²) in [6, 6.07) is 10.5. The van der Waals surface area contributed by atoms with Crippen molar-refractivity contribution in [1.82, 2.24) is 5.32 Å². The first kappa shape index (κ1) is 20.1. The summed E-state index contributed by atoms with van der Waals surface area (Å²) in [5, 5.41) is 5.93. The van der Waals surface area contributed by atoms with E-state index in [0.717, 1.165) is 5.56 Å². The number of halogens is 1. The first-order valence-corrected chi connectivity index (χ1v) is 9.97. The van der Waals surface area contributed by atoms with Crippen LogP contribution in [0.4, 0.5) is 16.2 Å². The molecule has 0 heterocycles. The maximum Gasteiger partial charge on any atom is 0.319 e. The van der Waals surface area contributed by atoms with Crippen LogP contribution >= 0.6 is 11.6 Å². The highest BCUT2D eigenvalue weighted by molar-refractivity contribution is 7.92. The molecule has 0 radical (unpaired) electrons. The molecule has 8 heteroatoms. The Balaban J connectivity index is 2.07. The first-order chi connectivity index (χ1) is 12.2. The van der Waals surface area contributed by atoms with Crippen LogP contribution in [0, 0.1) is 12.8 Å². The van der Waals surface area contributed by atoms with Crippen molar-refractivity contribution in [2.45, 2.75) is 25.7 Å². The van der Waals surface area contributed by atoms with Crippen LogP contribution in [0.3, 0.4) is 0 Å². The molecule has 0 spiro atoms. The highest BCUT2D eigenvalue weighted by Crippen LogP contribution is 2.23. The number of benzene rings is 2. The second-order valence-corrected chi connectivity index (χ2v) is 8.44. The van der Waals surface area contributed by atoms with E-state index in [0.29, 0.717) is 28.9 Å². The zero-order valence-corrected chi connectivity index (χ0v) is 16.4. The lowest BCUT2D eigenvalue weighted by Gasteiger charge is -2.12. The monoisotopic (exact) mass is 395 g/mol. The molecule has 0 aliphatic rings. The first-order valence-electron chi connectivity index (χ1n) is 8.11. The lowest BCUT2D eigenvalue weighted by atomic mass is 10.2. The molecule has 6 nitrogen and oxygen atoms in total. The van der Waals surface area contributed by atoms with E-state index in [4.69, 9.17) is 11.6 Å². The summed E-state index contributed by atoms with van der Waals surface area (Å²) in [6.07, 6.45) is 0. The minimum atomic E-state index is -3.74. The zero-order chi connectivity index (χ0) is 19.3. The Morgan fingerprint density at radius 2 is 1.77 bits per heavy atom. The Bertz CT molecular complexity index is 881. The van der Waals surface area contributed by atoms with Gasteiger partial charge in [-0.15, -0.1) is 0 Å². The maximum atomic E-state index is 12.5. The van der Waals surface area contributed by atoms with Gasteiger partial charge >= 0.3 is 6.03 Å². The van der Waals surface area contributed by atoms with E-state index in [1.807, 2.05) is 13.8 Å². The van der Waals surface area contributed by atoms with E-state index in [1.165, 1.54) is 24.3 Å². The van der Waals surface area contributed by atoms with Crippen molar-refractivity contribution in [1.29, 1.82) is 0 Å². The molecule has 0 saturated heterocycles. The minimum Gasteiger partial charge on any atom is -0.338 e. The van der Waals surface area contributed by atoms with Gasteiger partial charge in [0.2, 0.25) is 0 Å². The molecule has 0 atom stereocenters. The Kier molecular flexibility index (Phi) is 6.50. The van der Waals surface area contributed by atoms with Gasteiger partial charge in [-0.05, 0) is 60.9 Å². The number of hydrogen-bond donors (Lipinski definition) is 3. The normalized spacial score (nSPS) is 11.3. The molecule has 0 aliphatic heterocycles. The standard InChI is InChI=1S/C18H22ClN3O3S/c1-12(2)11-20-18(23)21-15-5-7-16(8-6-15)26(24,25)22-17-9-4-14(19)10-13(17)3/h4-10,12,22H,11H2,1-3H3,(H2,20,21,23). The summed E-state index contributed by atoms with van der Waals surface area (Å²) in [5.74, 6) is 0.343. The van der Waals surface area contributed by atoms with Crippen LogP contribution in [0.15, 0.2) is 47.4 Å². The quantitative estimate of drug-likeness (QED) is 0.684. The average Bonchev–Trinajstić information content (AvgIpc) is 2.56. The van der Waals surface area contributed by atoms with Crippen LogP contribution in [-0.4, -0.2) is 21.0 Å². The number of carbonyl (C=O) groups is 1. The summed E-state index contributed by atoms with van der Waals surface area (Å²) in [6.45, 7) is 6.32. The van der Waals surface area contributed by atoms with Crippen molar-refractivity contribution >= 4 is 39.0 Å². The molecular weight excluding hydrogens is 374 g/mol. The van der Waals surface area contributed by atoms with Gasteiger partial charge in [-0.1, -0.05) is 25.4 Å². The third kappa shape index (κ3) is 5.64. The SMILES string of the molecule is Cc1cc(Cl)ccc1NS(=O)(=O)c1ccc(NC(=O)NCC(C)C)cc1. The number of hydrogen-bond acceptors (Lipinski definition) is 3. The van der Waals surface area contributed by atoms with Crippen LogP contribution in [0.2, 0.25) is 5.02 Å². The van der Waals surface area contributed by atoms with Crippen molar-refractivity contribution in [3.8, 4) is 0 Å². The highest BCUT2D eigenvalue weighted by Gasteiger charge is 2.15. The lowest BCUT2D eigenvalue weighted by molar-refractivity contribution is 0.251. The van der Waals surface area contributed by atoms with Gasteiger partial charge in [0.05, 0.1) is 10.6 Å². The van der Waals surface area contributed by atoms with Gasteiger partial charge in [-0.25, -0.2) is 13.2 Å². The summed E-state index contributed by atoms with van der Waals surface area (Å²) in [5.41, 5.74) is 1.69. The fourth-order valence-electron chi connectivity index (χ4n) is 2.13. The molecule has 0 bridgehead atoms. The van der Waals surface area contributed by atoms with Crippen molar-refractivity contribution in [3.63, 3.8) is 0 Å². The molecule has 140 valence electrons. The fourth-order valence-corrected chi connectivity index (χ4v) is 3.49. The molecule has 26 heavy (non-hydrogen) atoms. The lowest BCUT2D eigenvalue weighted by Crippen LogP contribution is -2.31. The zero-order valence-electron chi connectivity index (χ0n) is 14.8. The van der Waals surface area contributed by atoms with Crippen LogP contribution in [0.25, 0.3) is 0 Å². The molecule has 0 aliphatic carbocycles. The van der Waals surface area contributed by atoms with Gasteiger partial charge in [0, 0.05) is 17.3 Å². The van der Waals surface area contributed by atoms with Gasteiger partial charge in [0.15, 0.2) is 0 Å². The Morgan fingerprint density at radius 3 is 2.35 bits per heavy atom. The Labute approximate surface area is 159 Å². The van der Waals surface area contributed by atoms with E-state index >= 15 is 0 Å². The summed E-state index contributed by atoms with van der Waals surface area (Å²) >= 11 is 5.89. The van der Waals surface area contributed by atoms with Gasteiger partial charge in [0.25, 0.3) is 10.0 Å². The summed E-state index contributed by atoms with van der Waals surface area (Å²) in [7, 11) is -3.74. The van der Waals surface area contributed by atoms with E-state index in [-0.39, 0.29) is 10.9 Å². The van der Waals surface area contributed by atoms with Crippen LogP contribution < -0.4 is 15.4 Å². The van der Waals surface area contributed by atoms with Gasteiger partial charge in [-0.3, -0.25) is 4.72 Å². The second-order valence-electron chi connectivity index (χ2n) is 6.32. The topological polar surface area (TPSA) is 87.3 Å². The molecule has 2 amide bonds. The predicted octanol–water partition coefficient (Wildman–Crippen LogP) is 4.23. The number of carbonyl (C=O) groups excluding carboxylic acids is 1. The summed E-state index contributed by atoms with van der Waals surface area (Å²) < 4.78 is 27.5. The molecule has 3 N–H and O–H groups in total. The van der Waals surface area contributed by atoms with Crippen LogP contribution in [0.5, 0.6) is 0 Å². The number of nitrogens with one attached hydrogen (secondary N) is 3. The maximum absolute atomic E-state index is 12.5. The summed E-state index contributed by atoms with van der Waals surface area (Å²) in [4.78, 5) is 11.8. The van der Waals surface area contributed by atoms with Crippen LogP contribution in [0.1, 0.15) is 19.4 Å². The highest BCUT2D eigenvalue weighted by atomic mass is 35.5. The molecule has 0 unspecified atom stereocenters. The molecular formula is C18H22ClN3O3S. The van der Waals surface area contributed by atoms with E-state index in [2.05, 4.69) is 15.4 Å². The fraction of sp³-hybridized carbons (Fsp3) is 0.278. The van der Waals surface area contributed by atoms with Gasteiger partial charge in [-0.2, -0.15) is 0 Å². The average molecular weight is 396 g/mol. The number of amides is 2.